The predicted molar refractivity (Wildman–Crippen MR) is 34.5 cm³/mol. The van der Waals surface area contributed by atoms with Gasteiger partial charge in [-0.2, -0.15) is 0 Å². The minimum absolute atomic E-state index is 0. The zero-order chi connectivity index (χ0) is 6.41. The maximum absolute atomic E-state index is 9.75. The number of hydrogen-bond acceptors (Lipinski definition) is 3. The van der Waals surface area contributed by atoms with Crippen LogP contribution >= 0.6 is 12.4 Å². The van der Waals surface area contributed by atoms with Gasteiger partial charge in [0.25, 0.3) is 0 Å². The number of carboxylic acid groups (broad SMARTS) is 1. The van der Waals surface area contributed by atoms with Gasteiger partial charge in [-0.15, -0.1) is 12.4 Å². The van der Waals surface area contributed by atoms with Crippen molar-refractivity contribution in [3.8, 4) is 0 Å². The van der Waals surface area contributed by atoms with E-state index < -0.39 is 5.97 Å². The molecule has 9 heavy (non-hydrogen) atoms. The minimum atomic E-state index is -0.863. The molecule has 3 N–H and O–H groups in total. The van der Waals surface area contributed by atoms with Gasteiger partial charge < -0.3 is 15.6 Å². The lowest BCUT2D eigenvalue weighted by Gasteiger charge is -1.93. The van der Waals surface area contributed by atoms with Gasteiger partial charge in [0.15, 0.2) is 0 Å². The number of halogens is 1. The van der Waals surface area contributed by atoms with E-state index in [1.807, 2.05) is 0 Å². The third-order valence-electron chi connectivity index (χ3n) is 0.578. The number of hydrogen-bond donors (Lipinski definition) is 2. The van der Waals surface area contributed by atoms with Crippen LogP contribution in [0.1, 0.15) is 6.42 Å². The van der Waals surface area contributed by atoms with Crippen molar-refractivity contribution in [3.63, 3.8) is 0 Å². The second kappa shape index (κ2) is 7.68. The highest BCUT2D eigenvalue weighted by atomic mass is 35.5. The maximum atomic E-state index is 9.75. The first-order chi connectivity index (χ1) is 3.77. The van der Waals surface area contributed by atoms with Crippen molar-refractivity contribution in [3.05, 3.63) is 0 Å². The molecule has 0 aliphatic heterocycles. The Morgan fingerprint density at radius 3 is 2.56 bits per heavy atom. The molecular formula is C4H10ClNO3. The van der Waals surface area contributed by atoms with Gasteiger partial charge in [0, 0.05) is 0 Å². The van der Waals surface area contributed by atoms with Crippen molar-refractivity contribution >= 4 is 18.4 Å². The molecule has 0 fully saturated rings. The number of rotatable bonds is 4. The molecule has 0 bridgehead atoms. The van der Waals surface area contributed by atoms with Crippen LogP contribution in [0.2, 0.25) is 0 Å². The molecule has 4 nitrogen and oxygen atoms in total. The Hall–Kier alpha value is -0.320. The number of nitrogens with two attached hydrogens (primary N) is 1. The second-order valence-corrected chi connectivity index (χ2v) is 1.22. The van der Waals surface area contributed by atoms with E-state index in [0.29, 0.717) is 0 Å². The summed E-state index contributed by atoms with van der Waals surface area (Å²) in [5.41, 5.74) is 4.90. The summed E-state index contributed by atoms with van der Waals surface area (Å²) in [5.74, 6) is -0.863. The fraction of sp³-hybridized carbons (Fsp3) is 0.750. The third kappa shape index (κ3) is 11.3. The van der Waals surface area contributed by atoms with Crippen LogP contribution < -0.4 is 5.73 Å². The van der Waals surface area contributed by atoms with Gasteiger partial charge in [-0.05, 0) is 0 Å². The number of carbonyl (C=O) groups is 1. The molecule has 0 unspecified atom stereocenters. The van der Waals surface area contributed by atoms with Gasteiger partial charge in [-0.3, -0.25) is 4.79 Å². The Labute approximate surface area is 59.4 Å². The maximum Gasteiger partial charge on any atom is 0.305 e. The van der Waals surface area contributed by atoms with Gasteiger partial charge >= 0.3 is 5.97 Å². The fourth-order valence-corrected chi connectivity index (χ4v) is 0.243. The molecule has 0 aromatic rings. The van der Waals surface area contributed by atoms with Crippen molar-refractivity contribution in [2.45, 2.75) is 6.42 Å². The van der Waals surface area contributed by atoms with E-state index in [4.69, 9.17) is 10.8 Å². The first-order valence-electron chi connectivity index (χ1n) is 2.27. The lowest BCUT2D eigenvalue weighted by atomic mass is 10.5. The molecule has 0 radical (unpaired) electrons. The van der Waals surface area contributed by atoms with Crippen LogP contribution in [0.3, 0.4) is 0 Å². The molecule has 0 saturated heterocycles. The van der Waals surface area contributed by atoms with Crippen molar-refractivity contribution in [2.24, 2.45) is 5.73 Å². The van der Waals surface area contributed by atoms with E-state index in [0.717, 1.165) is 0 Å². The Morgan fingerprint density at radius 2 is 2.22 bits per heavy atom. The highest BCUT2D eigenvalue weighted by Gasteiger charge is 1.92. The Kier molecular flexibility index (Phi) is 9.79. The summed E-state index contributed by atoms with van der Waals surface area (Å²) in [6, 6.07) is 0. The molecular weight excluding hydrogens is 146 g/mol. The van der Waals surface area contributed by atoms with E-state index in [-0.39, 0.29) is 32.2 Å². The van der Waals surface area contributed by atoms with Gasteiger partial charge in [-0.25, -0.2) is 0 Å². The second-order valence-electron chi connectivity index (χ2n) is 1.22. The minimum Gasteiger partial charge on any atom is -0.481 e. The summed E-state index contributed by atoms with van der Waals surface area (Å²) < 4.78 is 4.54. The molecule has 0 spiro atoms. The van der Waals surface area contributed by atoms with E-state index in [2.05, 4.69) is 4.74 Å². The Morgan fingerprint density at radius 1 is 1.67 bits per heavy atom. The summed E-state index contributed by atoms with van der Waals surface area (Å²) in [7, 11) is 0. The van der Waals surface area contributed by atoms with E-state index >= 15 is 0 Å². The smallest absolute Gasteiger partial charge is 0.305 e. The van der Waals surface area contributed by atoms with Gasteiger partial charge in [-0.1, -0.05) is 0 Å². The zero-order valence-corrected chi connectivity index (χ0v) is 5.69. The molecule has 0 amide bonds. The molecule has 0 aliphatic carbocycles. The molecule has 56 valence electrons. The fourth-order valence-electron chi connectivity index (χ4n) is 0.243. The first-order valence-corrected chi connectivity index (χ1v) is 2.27. The first kappa shape index (κ1) is 11.5. The Balaban J connectivity index is 0. The normalized spacial score (nSPS) is 8.11. The van der Waals surface area contributed by atoms with Gasteiger partial charge in [0.05, 0.1) is 19.8 Å². The number of ether oxygens (including phenoxy) is 1. The lowest BCUT2D eigenvalue weighted by Crippen LogP contribution is -2.08. The summed E-state index contributed by atoms with van der Waals surface area (Å²) in [5, 5.41) is 8.02. The van der Waals surface area contributed by atoms with E-state index in [1.165, 1.54) is 0 Å². The molecule has 0 aliphatic rings. The number of carboxylic acids is 1. The van der Waals surface area contributed by atoms with Crippen molar-refractivity contribution in [1.82, 2.24) is 0 Å². The van der Waals surface area contributed by atoms with Crippen LogP contribution in [-0.4, -0.2) is 24.4 Å². The van der Waals surface area contributed by atoms with Crippen molar-refractivity contribution in [1.29, 1.82) is 0 Å². The standard InChI is InChI=1S/C4H9NO3.ClH/c5-3-8-2-1-4(6)7;/h1-3,5H2,(H,6,7);1H. The van der Waals surface area contributed by atoms with Crippen molar-refractivity contribution < 1.29 is 14.6 Å². The predicted octanol–water partition coefficient (Wildman–Crippen LogP) is -0.184. The average molecular weight is 156 g/mol. The summed E-state index contributed by atoms with van der Waals surface area (Å²) in [6.45, 7) is 0.291. The third-order valence-corrected chi connectivity index (χ3v) is 0.578. The molecule has 0 saturated carbocycles. The van der Waals surface area contributed by atoms with Crippen LogP contribution in [-0.2, 0) is 9.53 Å². The highest BCUT2D eigenvalue weighted by molar-refractivity contribution is 5.85. The Bertz CT molecular complexity index is 78.2. The van der Waals surface area contributed by atoms with Crippen LogP contribution in [0.4, 0.5) is 0 Å². The quantitative estimate of drug-likeness (QED) is 0.436. The van der Waals surface area contributed by atoms with Crippen LogP contribution in [0.5, 0.6) is 0 Å². The topological polar surface area (TPSA) is 72.5 Å². The highest BCUT2D eigenvalue weighted by Crippen LogP contribution is 1.78. The summed E-state index contributed by atoms with van der Waals surface area (Å²) >= 11 is 0. The van der Waals surface area contributed by atoms with Crippen LogP contribution in [0.25, 0.3) is 0 Å². The molecule has 0 aromatic heterocycles. The molecule has 0 atom stereocenters. The molecule has 0 aromatic carbocycles. The average Bonchev–Trinajstić information content (AvgIpc) is 1.66. The SMILES string of the molecule is Cl.NCOCCC(=O)O. The lowest BCUT2D eigenvalue weighted by molar-refractivity contribution is -0.138. The molecule has 0 rings (SSSR count). The summed E-state index contributed by atoms with van der Waals surface area (Å²) in [6.07, 6.45) is 0.0250. The summed E-state index contributed by atoms with van der Waals surface area (Å²) in [4.78, 5) is 9.75. The monoisotopic (exact) mass is 155 g/mol. The van der Waals surface area contributed by atoms with Gasteiger partial charge in [0.2, 0.25) is 0 Å². The van der Waals surface area contributed by atoms with Crippen LogP contribution in [0, 0.1) is 0 Å². The van der Waals surface area contributed by atoms with E-state index in [9.17, 15) is 4.79 Å². The largest absolute Gasteiger partial charge is 0.481 e. The van der Waals surface area contributed by atoms with Crippen molar-refractivity contribution in [2.75, 3.05) is 13.3 Å². The van der Waals surface area contributed by atoms with Gasteiger partial charge in [0.1, 0.15) is 0 Å². The molecule has 5 heteroatoms. The van der Waals surface area contributed by atoms with Crippen LogP contribution in [0.15, 0.2) is 0 Å². The molecule has 0 heterocycles. The number of aliphatic carboxylic acids is 1. The zero-order valence-electron chi connectivity index (χ0n) is 4.87. The van der Waals surface area contributed by atoms with E-state index in [1.54, 1.807) is 0 Å².